The third-order valence-electron chi connectivity index (χ3n) is 5.46. The van der Waals surface area contributed by atoms with E-state index >= 15 is 0 Å². The van der Waals surface area contributed by atoms with Crippen LogP contribution in [0.5, 0.6) is 5.75 Å². The van der Waals surface area contributed by atoms with E-state index in [0.717, 1.165) is 43.8 Å². The third kappa shape index (κ3) is 8.05. The minimum atomic E-state index is -5.08. The predicted octanol–water partition coefficient (Wildman–Crippen LogP) is 4.89. The lowest BCUT2D eigenvalue weighted by molar-refractivity contribution is -0.192. The Morgan fingerprint density at radius 3 is 2.31 bits per heavy atom. The monoisotopic (exact) mass is 561 g/mol. The number of nitrogens with one attached hydrogen (secondary N) is 2. The lowest BCUT2D eigenvalue weighted by Gasteiger charge is -2.20. The lowest BCUT2D eigenvalue weighted by Crippen LogP contribution is -2.26. The van der Waals surface area contributed by atoms with E-state index in [1.165, 1.54) is 6.07 Å². The van der Waals surface area contributed by atoms with Gasteiger partial charge in [-0.15, -0.1) is 0 Å². The smallest absolute Gasteiger partial charge is 0.489 e. The molecule has 15 heteroatoms. The number of ether oxygens (including phenoxy) is 1. The van der Waals surface area contributed by atoms with Gasteiger partial charge in [-0.3, -0.25) is 4.79 Å². The number of hydrogen-bond donors (Lipinski definition) is 3. The van der Waals surface area contributed by atoms with Crippen molar-refractivity contribution in [2.75, 3.05) is 18.4 Å². The summed E-state index contributed by atoms with van der Waals surface area (Å²) in [6.07, 6.45) is -4.34. The fourth-order valence-electron chi connectivity index (χ4n) is 3.70. The fourth-order valence-corrected chi connectivity index (χ4v) is 3.70. The summed E-state index contributed by atoms with van der Waals surface area (Å²) in [6, 6.07) is 4.93. The second-order valence-corrected chi connectivity index (χ2v) is 8.84. The number of piperidine rings is 1. The van der Waals surface area contributed by atoms with Gasteiger partial charge in [-0.1, -0.05) is 6.07 Å². The molecular weight excluding hydrogens is 536 g/mol. The molecule has 0 bridgehead atoms. The van der Waals surface area contributed by atoms with Crippen molar-refractivity contribution in [3.8, 4) is 5.75 Å². The van der Waals surface area contributed by atoms with Crippen LogP contribution in [0.4, 0.5) is 32.0 Å². The van der Waals surface area contributed by atoms with Gasteiger partial charge in [0.25, 0.3) is 5.91 Å². The average molecular weight is 561 g/mol. The highest BCUT2D eigenvalue weighted by molar-refractivity contribution is 6.03. The predicted molar refractivity (Wildman–Crippen MR) is 127 cm³/mol. The number of carboxylic acids is 1. The molecule has 212 valence electrons. The van der Waals surface area contributed by atoms with E-state index in [0.29, 0.717) is 23.0 Å². The number of aromatic nitrogens is 3. The highest BCUT2D eigenvalue weighted by Crippen LogP contribution is 2.31. The number of imidazole rings is 1. The number of pyridine rings is 2. The van der Waals surface area contributed by atoms with Gasteiger partial charge >= 0.3 is 18.3 Å². The maximum Gasteiger partial charge on any atom is 0.490 e. The van der Waals surface area contributed by atoms with Crippen LogP contribution in [-0.2, 0) is 11.0 Å². The van der Waals surface area contributed by atoms with Crippen molar-refractivity contribution in [1.82, 2.24) is 19.7 Å². The number of nitrogens with zero attached hydrogens (tertiary/aromatic N) is 3. The van der Waals surface area contributed by atoms with E-state index < -0.39 is 29.9 Å². The lowest BCUT2D eigenvalue weighted by atomic mass is 9.95. The molecule has 9 nitrogen and oxygen atoms in total. The van der Waals surface area contributed by atoms with Gasteiger partial charge in [0.1, 0.15) is 28.5 Å². The van der Waals surface area contributed by atoms with Crippen molar-refractivity contribution in [3.63, 3.8) is 0 Å². The number of carboxylic acid groups (broad SMARTS) is 1. The quantitative estimate of drug-likeness (QED) is 0.380. The molecule has 39 heavy (non-hydrogen) atoms. The number of alkyl halides is 6. The first-order valence-corrected chi connectivity index (χ1v) is 11.7. The van der Waals surface area contributed by atoms with Crippen molar-refractivity contribution in [3.05, 3.63) is 53.7 Å². The van der Waals surface area contributed by atoms with Crippen LogP contribution in [0.15, 0.2) is 36.7 Å². The van der Waals surface area contributed by atoms with Gasteiger partial charge in [-0.25, -0.2) is 14.8 Å². The first-order valence-electron chi connectivity index (χ1n) is 11.7. The summed E-state index contributed by atoms with van der Waals surface area (Å²) in [5.74, 6) is -2.79. The van der Waals surface area contributed by atoms with Gasteiger partial charge in [-0.2, -0.15) is 26.3 Å². The number of rotatable bonds is 5. The van der Waals surface area contributed by atoms with Crippen molar-refractivity contribution < 1.29 is 45.8 Å². The van der Waals surface area contributed by atoms with E-state index in [-0.39, 0.29) is 11.8 Å². The summed E-state index contributed by atoms with van der Waals surface area (Å²) < 4.78 is 78.3. The van der Waals surface area contributed by atoms with Crippen LogP contribution in [0.25, 0.3) is 5.65 Å². The first-order chi connectivity index (χ1) is 18.1. The van der Waals surface area contributed by atoms with Crippen LogP contribution >= 0.6 is 0 Å². The van der Waals surface area contributed by atoms with Crippen LogP contribution in [0.3, 0.4) is 0 Å². The number of hydrogen-bond acceptors (Lipinski definition) is 6. The molecule has 4 rings (SSSR count). The Kier molecular flexibility index (Phi) is 9.04. The standard InChI is InChI=1S/C22H24F3N5O2.C2HF3O2/c1-13(2)32-18-10-20-28-16(14-6-8-26-9-7-14)11-30(20)12-17(18)29-21(31)15-4-3-5-19(27-15)22(23,24)25;3-2(4,5)1(6)7/h3-5,10-14,26H,6-9H2,1-2H3,(H,29,31);(H,6,7). The van der Waals surface area contributed by atoms with Crippen molar-refractivity contribution in [2.45, 2.75) is 51.1 Å². The molecule has 0 unspecified atom stereocenters. The zero-order valence-electron chi connectivity index (χ0n) is 20.7. The van der Waals surface area contributed by atoms with E-state index in [1.54, 1.807) is 16.7 Å². The molecule has 1 amide bonds. The van der Waals surface area contributed by atoms with Crippen molar-refractivity contribution >= 4 is 23.2 Å². The normalized spacial score (nSPS) is 14.6. The number of carbonyl (C=O) groups is 2. The minimum absolute atomic E-state index is 0.182. The maximum absolute atomic E-state index is 13.0. The molecule has 1 saturated heterocycles. The topological polar surface area (TPSA) is 118 Å². The van der Waals surface area contributed by atoms with Gasteiger partial charge in [0.2, 0.25) is 0 Å². The molecule has 1 fully saturated rings. The minimum Gasteiger partial charge on any atom is -0.489 e. The highest BCUT2D eigenvalue weighted by atomic mass is 19.4. The Labute approximate surface area is 218 Å². The molecule has 3 aromatic heterocycles. The van der Waals surface area contributed by atoms with Crippen LogP contribution < -0.4 is 15.4 Å². The van der Waals surface area contributed by atoms with Crippen LogP contribution in [0.1, 0.15) is 54.5 Å². The van der Waals surface area contributed by atoms with Crippen molar-refractivity contribution in [2.24, 2.45) is 0 Å². The molecule has 1 aliphatic rings. The number of anilines is 1. The van der Waals surface area contributed by atoms with Gasteiger partial charge < -0.3 is 24.9 Å². The number of aliphatic carboxylic acids is 1. The Morgan fingerprint density at radius 1 is 1.10 bits per heavy atom. The van der Waals surface area contributed by atoms with Gasteiger partial charge in [-0.05, 0) is 51.9 Å². The van der Waals surface area contributed by atoms with E-state index in [1.807, 2.05) is 20.0 Å². The largest absolute Gasteiger partial charge is 0.490 e. The molecule has 0 spiro atoms. The van der Waals surface area contributed by atoms with Gasteiger partial charge in [0, 0.05) is 24.4 Å². The summed E-state index contributed by atoms with van der Waals surface area (Å²) in [4.78, 5) is 29.8. The summed E-state index contributed by atoms with van der Waals surface area (Å²) in [5.41, 5.74) is 0.496. The molecule has 0 radical (unpaired) electrons. The van der Waals surface area contributed by atoms with Gasteiger partial charge in [0.05, 0.1) is 11.8 Å². The van der Waals surface area contributed by atoms with E-state index in [4.69, 9.17) is 19.6 Å². The summed E-state index contributed by atoms with van der Waals surface area (Å²) in [7, 11) is 0. The number of halogens is 6. The summed E-state index contributed by atoms with van der Waals surface area (Å²) in [6.45, 7) is 5.56. The molecule has 1 aliphatic heterocycles. The first kappa shape index (κ1) is 29.7. The van der Waals surface area contributed by atoms with Crippen LogP contribution in [0.2, 0.25) is 0 Å². The number of carbonyl (C=O) groups excluding carboxylic acids is 1. The Hall–Kier alpha value is -3.88. The fraction of sp³-hybridized carbons (Fsp3) is 0.417. The van der Waals surface area contributed by atoms with Crippen LogP contribution in [0, 0.1) is 0 Å². The molecule has 0 aliphatic carbocycles. The molecule has 0 atom stereocenters. The Bertz CT molecular complexity index is 1320. The molecule has 0 saturated carbocycles. The maximum atomic E-state index is 13.0. The van der Waals surface area contributed by atoms with E-state index in [2.05, 4.69) is 15.6 Å². The molecule has 4 heterocycles. The Morgan fingerprint density at radius 2 is 1.74 bits per heavy atom. The Balaban J connectivity index is 0.000000532. The molecule has 3 N–H and O–H groups in total. The summed E-state index contributed by atoms with van der Waals surface area (Å²) >= 11 is 0. The molecular formula is C24H25F6N5O4. The van der Waals surface area contributed by atoms with E-state index in [9.17, 15) is 31.1 Å². The molecule has 3 aromatic rings. The van der Waals surface area contributed by atoms with Crippen LogP contribution in [-0.4, -0.2) is 56.7 Å². The van der Waals surface area contributed by atoms with Gasteiger partial charge in [0.15, 0.2) is 0 Å². The second-order valence-electron chi connectivity index (χ2n) is 8.84. The highest BCUT2D eigenvalue weighted by Gasteiger charge is 2.38. The average Bonchev–Trinajstić information content (AvgIpc) is 3.26. The van der Waals surface area contributed by atoms with Crippen molar-refractivity contribution in [1.29, 1.82) is 0 Å². The summed E-state index contributed by atoms with van der Waals surface area (Å²) in [5, 5.41) is 13.1. The second kappa shape index (κ2) is 11.9. The number of fused-ring (bicyclic) bond motifs is 1. The zero-order chi connectivity index (χ0) is 29.0. The zero-order valence-corrected chi connectivity index (χ0v) is 20.7. The number of amides is 1. The molecule has 0 aromatic carbocycles. The SMILES string of the molecule is CC(C)Oc1cc2nc(C3CCNCC3)cn2cc1NC(=O)c1cccc(C(F)(F)F)n1.O=C(O)C(F)(F)F. The third-order valence-corrected chi connectivity index (χ3v) is 5.46.